The molecule has 8 nitrogen and oxygen atoms in total. The zero-order chi connectivity index (χ0) is 19.3. The van der Waals surface area contributed by atoms with Crippen LogP contribution in [0.25, 0.3) is 0 Å². The summed E-state index contributed by atoms with van der Waals surface area (Å²) < 4.78 is 39.3. The number of nitrogens with zero attached hydrogens (tertiary/aromatic N) is 2. The third-order valence-corrected chi connectivity index (χ3v) is 5.95. The highest BCUT2D eigenvalue weighted by molar-refractivity contribution is 7.87. The van der Waals surface area contributed by atoms with Gasteiger partial charge in [-0.05, 0) is 24.8 Å². The van der Waals surface area contributed by atoms with Crippen molar-refractivity contribution < 1.29 is 22.7 Å². The van der Waals surface area contributed by atoms with E-state index in [4.69, 9.17) is 16.3 Å². The van der Waals surface area contributed by atoms with Gasteiger partial charge >= 0.3 is 5.97 Å². The quantitative estimate of drug-likeness (QED) is 0.692. The molecule has 1 aromatic heterocycles. The molecule has 1 N–H and O–H groups in total. The van der Waals surface area contributed by atoms with E-state index in [2.05, 4.69) is 14.4 Å². The number of carbonyl (C=O) groups excluding carboxylic acids is 1. The number of nitrogens with one attached hydrogen (secondary N) is 1. The fourth-order valence-electron chi connectivity index (χ4n) is 2.61. The maximum absolute atomic E-state index is 12.6. The lowest BCUT2D eigenvalue weighted by molar-refractivity contribution is -0.143. The summed E-state index contributed by atoms with van der Waals surface area (Å²) in [6.07, 6.45) is 2.42. The van der Waals surface area contributed by atoms with Gasteiger partial charge in [0.05, 0.1) is 12.1 Å². The predicted octanol–water partition coefficient (Wildman–Crippen LogP) is 1.61. The monoisotopic (exact) mass is 405 g/mol. The van der Waals surface area contributed by atoms with Crippen molar-refractivity contribution in [3.63, 3.8) is 0 Å². The lowest BCUT2D eigenvalue weighted by Gasteiger charge is -2.32. The molecule has 1 saturated heterocycles. The van der Waals surface area contributed by atoms with Crippen molar-refractivity contribution in [1.82, 2.24) is 14.0 Å². The van der Waals surface area contributed by atoms with E-state index >= 15 is 0 Å². The van der Waals surface area contributed by atoms with Crippen LogP contribution >= 0.6 is 11.6 Å². The highest BCUT2D eigenvalue weighted by atomic mass is 35.5. The number of aromatic nitrogens is 1. The van der Waals surface area contributed by atoms with Crippen LogP contribution in [0.5, 0.6) is 5.88 Å². The second-order valence-electron chi connectivity index (χ2n) is 6.40. The Bertz CT molecular complexity index is 703. The number of piperidine rings is 1. The molecule has 2 heterocycles. The van der Waals surface area contributed by atoms with Crippen LogP contribution in [0.4, 0.5) is 0 Å². The Labute approximate surface area is 159 Å². The van der Waals surface area contributed by atoms with E-state index in [0.717, 1.165) is 0 Å². The summed E-state index contributed by atoms with van der Waals surface area (Å²) in [5, 5.41) is 0.523. The van der Waals surface area contributed by atoms with Gasteiger partial charge in [-0.1, -0.05) is 25.4 Å². The first-order valence-electron chi connectivity index (χ1n) is 8.36. The number of halogens is 1. The Morgan fingerprint density at radius 2 is 2.00 bits per heavy atom. The fourth-order valence-corrected chi connectivity index (χ4v) is 4.25. The molecule has 0 aliphatic carbocycles. The average molecular weight is 406 g/mol. The van der Waals surface area contributed by atoms with E-state index in [0.29, 0.717) is 36.8 Å². The molecule has 1 aromatic rings. The standard InChI is InChI=1S/C16H24ClN3O5S/c1-11(2)15(16(21)24-3)19-26(22,23)20-8-6-13(7-9-20)25-14-5-4-12(17)10-18-14/h4-5,10-11,13,15,19H,6-9H2,1-3H3. The van der Waals surface area contributed by atoms with Gasteiger partial charge in [0.1, 0.15) is 12.1 Å². The summed E-state index contributed by atoms with van der Waals surface area (Å²) in [6, 6.07) is 2.44. The summed E-state index contributed by atoms with van der Waals surface area (Å²) in [5.74, 6) is -0.371. The van der Waals surface area contributed by atoms with Crippen LogP contribution in [-0.2, 0) is 19.7 Å². The van der Waals surface area contributed by atoms with Crippen molar-refractivity contribution in [3.8, 4) is 5.88 Å². The maximum Gasteiger partial charge on any atom is 0.324 e. The average Bonchev–Trinajstić information content (AvgIpc) is 2.61. The molecular formula is C16H24ClN3O5S. The van der Waals surface area contributed by atoms with Gasteiger partial charge in [0, 0.05) is 25.4 Å². The molecule has 0 aromatic carbocycles. The van der Waals surface area contributed by atoms with Gasteiger partial charge in [0.2, 0.25) is 5.88 Å². The molecular weight excluding hydrogens is 382 g/mol. The minimum Gasteiger partial charge on any atom is -0.474 e. The van der Waals surface area contributed by atoms with Crippen molar-refractivity contribution in [2.45, 2.75) is 38.8 Å². The third-order valence-electron chi connectivity index (χ3n) is 4.13. The molecule has 26 heavy (non-hydrogen) atoms. The number of ether oxygens (including phenoxy) is 2. The van der Waals surface area contributed by atoms with Crippen LogP contribution in [0.3, 0.4) is 0 Å². The smallest absolute Gasteiger partial charge is 0.324 e. The number of hydrogen-bond donors (Lipinski definition) is 1. The van der Waals surface area contributed by atoms with Gasteiger partial charge in [-0.25, -0.2) is 4.98 Å². The summed E-state index contributed by atoms with van der Waals surface area (Å²) in [5.41, 5.74) is 0. The second-order valence-corrected chi connectivity index (χ2v) is 8.54. The number of pyridine rings is 1. The minimum absolute atomic E-state index is 0.128. The molecule has 2 rings (SSSR count). The molecule has 0 amide bonds. The van der Waals surface area contributed by atoms with Gasteiger partial charge < -0.3 is 9.47 Å². The summed E-state index contributed by atoms with van der Waals surface area (Å²) >= 11 is 5.79. The third kappa shape index (κ3) is 5.54. The maximum atomic E-state index is 12.6. The van der Waals surface area contributed by atoms with Crippen molar-refractivity contribution in [2.75, 3.05) is 20.2 Å². The van der Waals surface area contributed by atoms with Crippen LogP contribution in [0.1, 0.15) is 26.7 Å². The normalized spacial score (nSPS) is 17.9. The van der Waals surface area contributed by atoms with E-state index < -0.39 is 22.2 Å². The molecule has 0 radical (unpaired) electrons. The van der Waals surface area contributed by atoms with Crippen LogP contribution in [0.15, 0.2) is 18.3 Å². The first kappa shape index (κ1) is 20.9. The lowest BCUT2D eigenvalue weighted by Crippen LogP contribution is -2.53. The molecule has 1 unspecified atom stereocenters. The Hall–Kier alpha value is -1.42. The van der Waals surface area contributed by atoms with Crippen molar-refractivity contribution in [1.29, 1.82) is 0 Å². The molecule has 1 fully saturated rings. The molecule has 0 saturated carbocycles. The van der Waals surface area contributed by atoms with Crippen LogP contribution in [-0.4, -0.2) is 56.0 Å². The number of esters is 1. The summed E-state index contributed by atoms with van der Waals surface area (Å²) in [6.45, 7) is 4.09. The van der Waals surface area contributed by atoms with E-state index in [1.165, 1.54) is 17.6 Å². The molecule has 1 atom stereocenters. The largest absolute Gasteiger partial charge is 0.474 e. The van der Waals surface area contributed by atoms with Crippen molar-refractivity contribution in [3.05, 3.63) is 23.4 Å². The number of carbonyl (C=O) groups is 1. The van der Waals surface area contributed by atoms with Crippen molar-refractivity contribution >= 4 is 27.8 Å². The van der Waals surface area contributed by atoms with Gasteiger partial charge in [0.25, 0.3) is 10.2 Å². The lowest BCUT2D eigenvalue weighted by atomic mass is 10.1. The zero-order valence-electron chi connectivity index (χ0n) is 15.0. The Morgan fingerprint density at radius 1 is 1.35 bits per heavy atom. The SMILES string of the molecule is COC(=O)C(NS(=O)(=O)N1CCC(Oc2ccc(Cl)cn2)CC1)C(C)C. The number of hydrogen-bond acceptors (Lipinski definition) is 6. The zero-order valence-corrected chi connectivity index (χ0v) is 16.6. The molecule has 146 valence electrons. The Balaban J connectivity index is 1.92. The fraction of sp³-hybridized carbons (Fsp3) is 0.625. The summed E-state index contributed by atoms with van der Waals surface area (Å²) in [4.78, 5) is 15.9. The van der Waals surface area contributed by atoms with Gasteiger partial charge in [-0.3, -0.25) is 4.79 Å². The molecule has 0 bridgehead atoms. The van der Waals surface area contributed by atoms with E-state index in [1.807, 2.05) is 0 Å². The van der Waals surface area contributed by atoms with Gasteiger partial charge in [-0.2, -0.15) is 17.4 Å². The van der Waals surface area contributed by atoms with E-state index in [-0.39, 0.29) is 12.0 Å². The molecule has 1 aliphatic rings. The highest BCUT2D eigenvalue weighted by Gasteiger charge is 2.34. The summed E-state index contributed by atoms with van der Waals surface area (Å²) in [7, 11) is -2.55. The predicted molar refractivity (Wildman–Crippen MR) is 97.2 cm³/mol. The van der Waals surface area contributed by atoms with Crippen molar-refractivity contribution in [2.24, 2.45) is 5.92 Å². The van der Waals surface area contributed by atoms with Crippen LogP contribution in [0, 0.1) is 5.92 Å². The first-order chi connectivity index (χ1) is 12.2. The Morgan fingerprint density at radius 3 is 2.50 bits per heavy atom. The first-order valence-corrected chi connectivity index (χ1v) is 10.2. The molecule has 1 aliphatic heterocycles. The second kappa shape index (κ2) is 8.98. The molecule has 10 heteroatoms. The Kier molecular flexibility index (Phi) is 7.22. The minimum atomic E-state index is -3.79. The van der Waals surface area contributed by atoms with E-state index in [9.17, 15) is 13.2 Å². The van der Waals surface area contributed by atoms with Gasteiger partial charge in [0.15, 0.2) is 0 Å². The number of rotatable bonds is 7. The van der Waals surface area contributed by atoms with E-state index in [1.54, 1.807) is 26.0 Å². The number of methoxy groups -OCH3 is 1. The van der Waals surface area contributed by atoms with Crippen LogP contribution < -0.4 is 9.46 Å². The highest BCUT2D eigenvalue weighted by Crippen LogP contribution is 2.20. The van der Waals surface area contributed by atoms with Gasteiger partial charge in [-0.15, -0.1) is 0 Å². The van der Waals surface area contributed by atoms with Crippen LogP contribution in [0.2, 0.25) is 5.02 Å². The topological polar surface area (TPSA) is 97.8 Å². The molecule has 0 spiro atoms.